The van der Waals surface area contributed by atoms with Crippen LogP contribution in [0.15, 0.2) is 152 Å². The molecule has 0 atom stereocenters. The van der Waals surface area contributed by atoms with E-state index in [1.54, 1.807) is 44.7 Å². The minimum atomic E-state index is -1.38. The quantitative estimate of drug-likeness (QED) is 0.0320. The standard InChI is InChI=1S/C21H26N6O.C16H22BrN5O2.C15H20BrN5O.C13H13N3O4.C12H18BNO2.C11H14BrN5.C4H7ClO/c1-13(2)21(28)26-9-7-15(8-10-26)18-11-17(14-3-5-16(22)6-4-14)19-20(23)24-12-25-27(18)19;1-16(2,3)24-15(23)21-6-4-10(5-7-21)12-8-11(17)13-14(18)19-9-20-22(12)13;1-9(2)15(22)20-5-3-10(4-6-20)12-7-11(16)13-14(17)18-8-19-21(12)13;1-8(2)15-7-9(12(18)19)11(17)16(13(15)20)10-5-3-4-6-14-10;1-11(2)12(3,4)16-13(15-11)9-5-7-10(14)8-6-9;12-8-5-9(7-1-3-14-4-2-7)17-10(8)11(13)15-6-16-17;1-3(2)4(5)6/h3-6,11-13,15H,7-10,22H2,1-2H3,(H2,23,24,25);8-10H,4-7H2,1-3H3,(H2,18,19,20);7-10H,3-6H2,1-2H3,(H2,17,18,19);3-8H,1-2H3,(H,18,19);5-8H,14H2,1-4H3;5-7,14H,1-4H2,(H2,13,15,16);3H,1-2H3. The SMILES string of the molecule is CC(C)(C)OC(=O)N1CCC(c2cc(Br)c3c(N)ncnn23)CC1.CC(C)C(=O)Cl.CC(C)C(=O)N1CCC(c2cc(-c3ccc(N)cc3)c3c(N)ncnn23)CC1.CC(C)C(=O)N1CCC(c2cc(Br)c3c(N)ncnn23)CC1.CC(C)n1cc(C(=O)O)c(=O)n(-c2ccccn2)c1=O.CC1(C)OB(c2ccc(N)cc2)OC1(C)C.Nc1ncnn2c(C3CCNCC3)cc(Br)c12. The molecule has 41 heteroatoms. The van der Waals surface area contributed by atoms with Gasteiger partial charge in [0, 0.05) is 152 Å². The molecule has 12 aromatic rings. The molecule has 3 amide bonds. The van der Waals surface area contributed by atoms with E-state index in [0.29, 0.717) is 60.0 Å². The fourth-order valence-corrected chi connectivity index (χ4v) is 17.8. The van der Waals surface area contributed by atoms with E-state index in [-0.39, 0.29) is 71.1 Å². The number of rotatable bonds is 12. The molecule has 133 heavy (non-hydrogen) atoms. The normalized spacial score (nSPS) is 16.0. The number of anilines is 6. The second-order valence-electron chi connectivity index (χ2n) is 36.4. The van der Waals surface area contributed by atoms with Gasteiger partial charge in [0.15, 0.2) is 23.3 Å². The second-order valence-corrected chi connectivity index (χ2v) is 39.4. The lowest BCUT2D eigenvalue weighted by Crippen LogP contribution is -2.42. The number of nitrogens with two attached hydrogens (primary N) is 6. The molecule has 0 saturated carbocycles. The predicted octanol–water partition coefficient (Wildman–Crippen LogP) is 13.7. The Morgan fingerprint density at radius 2 is 0.887 bits per heavy atom. The number of benzene rings is 2. The zero-order valence-electron chi connectivity index (χ0n) is 77.7. The third kappa shape index (κ3) is 24.6. The maximum atomic E-state index is 12.3. The van der Waals surface area contributed by atoms with E-state index in [1.807, 2.05) is 159 Å². The maximum Gasteiger partial charge on any atom is 0.494 e. The first-order chi connectivity index (χ1) is 62.9. The number of ether oxygens (including phenoxy) is 1. The van der Waals surface area contributed by atoms with Gasteiger partial charge in [-0.1, -0.05) is 71.9 Å². The number of carboxylic acid groups (broad SMARTS) is 1. The summed E-state index contributed by atoms with van der Waals surface area (Å²) in [7, 11) is -0.300. The van der Waals surface area contributed by atoms with E-state index >= 15 is 0 Å². The molecule has 5 saturated heterocycles. The molecule has 0 unspecified atom stereocenters. The largest absolute Gasteiger partial charge is 0.494 e. The van der Waals surface area contributed by atoms with Gasteiger partial charge < -0.3 is 73.6 Å². The van der Waals surface area contributed by atoms with Gasteiger partial charge in [0.25, 0.3) is 5.56 Å². The number of carbonyl (C=O) groups is 5. The summed E-state index contributed by atoms with van der Waals surface area (Å²) in [6.07, 6.45) is 15.9. The van der Waals surface area contributed by atoms with Gasteiger partial charge in [-0.3, -0.25) is 23.7 Å². The molecule has 0 radical (unpaired) electrons. The van der Waals surface area contributed by atoms with Crippen LogP contribution in [0.3, 0.4) is 0 Å². The molecular weight excluding hydrogens is 1920 g/mol. The van der Waals surface area contributed by atoms with Gasteiger partial charge in [-0.25, -0.2) is 61.9 Å². The lowest BCUT2D eigenvalue weighted by atomic mass is 9.79. The Bertz CT molecular complexity index is 6190. The van der Waals surface area contributed by atoms with Crippen molar-refractivity contribution in [2.24, 2.45) is 17.8 Å². The number of hydrogen-bond donors (Lipinski definition) is 8. The van der Waals surface area contributed by atoms with Gasteiger partial charge in [0.05, 0.1) is 11.2 Å². The highest BCUT2D eigenvalue weighted by Crippen LogP contribution is 2.41. The van der Waals surface area contributed by atoms with E-state index < -0.39 is 28.4 Å². The number of halogens is 4. The van der Waals surface area contributed by atoms with Crippen molar-refractivity contribution in [3.05, 3.63) is 191 Å². The number of fused-ring (bicyclic) bond motifs is 4. The van der Waals surface area contributed by atoms with E-state index in [2.05, 4.69) is 117 Å². The van der Waals surface area contributed by atoms with Crippen molar-refractivity contribution < 1.29 is 43.1 Å². The fraction of sp³-hybridized carbons (Fsp3) is 0.457. The van der Waals surface area contributed by atoms with Crippen molar-refractivity contribution in [1.82, 2.24) is 92.5 Å². The number of carbonyl (C=O) groups excluding carboxylic acids is 4. The molecule has 5 aliphatic rings. The Kier molecular flexibility index (Phi) is 33.9. The van der Waals surface area contributed by atoms with Crippen LogP contribution in [-0.2, 0) is 28.4 Å². The molecule has 17 rings (SSSR count). The van der Waals surface area contributed by atoms with Gasteiger partial charge in [0.1, 0.15) is 64.4 Å². The highest BCUT2D eigenvalue weighted by molar-refractivity contribution is 9.11. The first-order valence-corrected chi connectivity index (χ1v) is 47.1. The van der Waals surface area contributed by atoms with Gasteiger partial charge in [-0.15, -0.1) is 0 Å². The number of nitrogens with one attached hydrogen (secondary N) is 1. The number of amides is 3. The molecule has 15 heterocycles. The van der Waals surface area contributed by atoms with Crippen LogP contribution in [0.4, 0.5) is 39.4 Å². The summed E-state index contributed by atoms with van der Waals surface area (Å²) in [6.45, 7) is 35.2. The molecule has 0 aliphatic carbocycles. The van der Waals surface area contributed by atoms with Crippen molar-refractivity contribution in [3.8, 4) is 16.9 Å². The lowest BCUT2D eigenvalue weighted by Gasteiger charge is -2.33. The zero-order valence-corrected chi connectivity index (χ0v) is 83.2. The number of hydrogen-bond acceptors (Lipinski definition) is 26. The van der Waals surface area contributed by atoms with Gasteiger partial charge in [0.2, 0.25) is 17.1 Å². The van der Waals surface area contributed by atoms with Gasteiger partial charge in [-0.05, 0) is 258 Å². The summed E-state index contributed by atoms with van der Waals surface area (Å²) < 4.78 is 29.6. The lowest BCUT2D eigenvalue weighted by molar-refractivity contribution is -0.136. The van der Waals surface area contributed by atoms with Gasteiger partial charge in [-0.2, -0.15) is 20.4 Å². The van der Waals surface area contributed by atoms with Gasteiger partial charge >= 0.3 is 24.9 Å². The summed E-state index contributed by atoms with van der Waals surface area (Å²) in [5.74, 6) is 2.73. The van der Waals surface area contributed by atoms with Crippen molar-refractivity contribution in [2.45, 2.75) is 202 Å². The van der Waals surface area contributed by atoms with Crippen LogP contribution in [0, 0.1) is 17.8 Å². The molecule has 0 spiro atoms. The number of pyridine rings is 1. The smallest absolute Gasteiger partial charge is 0.477 e. The van der Waals surface area contributed by atoms with E-state index in [4.69, 9.17) is 65.2 Å². The molecule has 14 N–H and O–H groups in total. The molecule has 10 aromatic heterocycles. The zero-order chi connectivity index (χ0) is 97.0. The molecular formula is C92H120BBr3ClN25O11. The third-order valence-electron chi connectivity index (χ3n) is 24.0. The number of likely N-dealkylation sites (tertiary alicyclic amines) is 3. The number of piperidine rings is 4. The summed E-state index contributed by atoms with van der Waals surface area (Å²) in [6, 6.07) is 28.2. The Morgan fingerprint density at radius 1 is 0.519 bits per heavy atom. The molecule has 2 aromatic carbocycles. The summed E-state index contributed by atoms with van der Waals surface area (Å²) in [5, 5.41) is 29.7. The van der Waals surface area contributed by atoms with Crippen molar-refractivity contribution in [3.63, 3.8) is 0 Å². The average molecular weight is 2040 g/mol. The highest BCUT2D eigenvalue weighted by Gasteiger charge is 2.52. The first kappa shape index (κ1) is 102. The van der Waals surface area contributed by atoms with Crippen molar-refractivity contribution in [1.29, 1.82) is 0 Å². The number of aromatic carboxylic acids is 1. The van der Waals surface area contributed by atoms with Crippen LogP contribution in [0.1, 0.15) is 218 Å². The maximum absolute atomic E-state index is 12.3. The average Bonchev–Trinajstić information content (AvgIpc) is 1.62. The Labute approximate surface area is 802 Å². The van der Waals surface area contributed by atoms with E-state index in [1.165, 1.54) is 47.8 Å². The Hall–Kier alpha value is -11.4. The van der Waals surface area contributed by atoms with E-state index in [9.17, 15) is 33.6 Å². The van der Waals surface area contributed by atoms with Crippen molar-refractivity contribution >= 4 is 158 Å². The summed E-state index contributed by atoms with van der Waals surface area (Å²) in [5.41, 5.74) is 44.8. The molecule has 36 nitrogen and oxygen atoms in total. The number of carboxylic acids is 1. The minimum absolute atomic E-state index is 0.0216. The number of nitrogen functional groups attached to an aromatic ring is 6. The number of nitrogens with zero attached hydrogens (tertiary/aromatic N) is 18. The first-order valence-electron chi connectivity index (χ1n) is 44.4. The van der Waals surface area contributed by atoms with Crippen LogP contribution in [0.2, 0.25) is 0 Å². The van der Waals surface area contributed by atoms with Crippen LogP contribution in [-0.4, -0.2) is 198 Å². The Balaban J connectivity index is 0.000000153. The Morgan fingerprint density at radius 3 is 1.25 bits per heavy atom. The predicted molar refractivity (Wildman–Crippen MR) is 528 cm³/mol. The molecule has 5 aliphatic heterocycles. The monoisotopic (exact) mass is 2030 g/mol. The van der Waals surface area contributed by atoms with Crippen LogP contribution >= 0.6 is 59.4 Å². The topological polar surface area (TPSA) is 489 Å². The van der Waals surface area contributed by atoms with Crippen LogP contribution < -0.4 is 56.4 Å². The third-order valence-corrected chi connectivity index (χ3v) is 26.2. The van der Waals surface area contributed by atoms with Crippen LogP contribution in [0.25, 0.3) is 39.0 Å². The summed E-state index contributed by atoms with van der Waals surface area (Å²) in [4.78, 5) is 108. The van der Waals surface area contributed by atoms with Crippen molar-refractivity contribution in [2.75, 3.05) is 86.8 Å². The van der Waals surface area contributed by atoms with Crippen LogP contribution in [0.5, 0.6) is 0 Å². The fourth-order valence-electron chi connectivity index (χ4n) is 16.0. The second kappa shape index (κ2) is 44.2. The summed E-state index contributed by atoms with van der Waals surface area (Å²) >= 11 is 15.6. The highest BCUT2D eigenvalue weighted by atomic mass is 79.9. The molecule has 710 valence electrons. The van der Waals surface area contributed by atoms with E-state index in [0.717, 1.165) is 182 Å². The minimum Gasteiger partial charge on any atom is -0.477 e. The molecule has 0 bridgehead atoms. The number of aromatic nitrogens is 15. The molecule has 5 fully saturated rings.